The van der Waals surface area contributed by atoms with Gasteiger partial charge in [-0.3, -0.25) is 0 Å². The molecule has 3 nitrogen and oxygen atoms in total. The van der Waals surface area contributed by atoms with E-state index in [4.69, 9.17) is 6.58 Å². The van der Waals surface area contributed by atoms with Crippen LogP contribution in [0.4, 0.5) is 34.1 Å². The summed E-state index contributed by atoms with van der Waals surface area (Å²) in [7, 11) is 0. The Morgan fingerprint density at radius 2 is 1.01 bits per heavy atom. The van der Waals surface area contributed by atoms with E-state index < -0.39 is 0 Å². The van der Waals surface area contributed by atoms with Gasteiger partial charge in [-0.2, -0.15) is 11.3 Å². The lowest BCUT2D eigenvalue weighted by Gasteiger charge is -2.43. The summed E-state index contributed by atoms with van der Waals surface area (Å²) in [5, 5.41) is 2.59. The molecule has 0 bridgehead atoms. The van der Waals surface area contributed by atoms with Crippen LogP contribution in [0.15, 0.2) is 158 Å². The first-order valence-corrected chi connectivity index (χ1v) is 28.0. The van der Waals surface area contributed by atoms with Crippen molar-refractivity contribution in [2.45, 2.75) is 131 Å². The zero-order valence-corrected chi connectivity index (χ0v) is 47.8. The van der Waals surface area contributed by atoms with Gasteiger partial charge in [0.15, 0.2) is 0 Å². The van der Waals surface area contributed by atoms with Crippen molar-refractivity contribution in [2.24, 2.45) is 0 Å². The monoisotopic (exact) mass is 998 g/mol. The quantitative estimate of drug-likeness (QED) is 0.163. The third-order valence-electron chi connectivity index (χ3n) is 17.0. The van der Waals surface area contributed by atoms with Crippen LogP contribution in [0, 0.1) is 6.92 Å². The Bertz CT molecular complexity index is 3790. The maximum absolute atomic E-state index is 4.82. The van der Waals surface area contributed by atoms with E-state index in [0.717, 1.165) is 17.1 Å². The summed E-state index contributed by atoms with van der Waals surface area (Å²) in [6, 6.07) is 56.5. The van der Waals surface area contributed by atoms with E-state index in [1.165, 1.54) is 115 Å². The first-order chi connectivity index (χ1) is 35.3. The van der Waals surface area contributed by atoms with Crippen molar-refractivity contribution in [1.29, 1.82) is 0 Å². The molecule has 2 aromatic heterocycles. The second-order valence-electron chi connectivity index (χ2n) is 26.4. The van der Waals surface area contributed by atoms with E-state index in [9.17, 15) is 0 Å². The van der Waals surface area contributed by atoms with Crippen LogP contribution in [0.2, 0.25) is 0 Å². The Morgan fingerprint density at radius 1 is 0.520 bits per heavy atom. The summed E-state index contributed by atoms with van der Waals surface area (Å²) in [6.07, 6.45) is 2.49. The van der Waals surface area contributed by atoms with Crippen LogP contribution in [-0.2, 0) is 27.1 Å². The number of hydrogen-bond acceptors (Lipinski definition) is 3. The fourth-order valence-electron chi connectivity index (χ4n) is 12.4. The molecular weight excluding hydrogens is 926 g/mol. The highest BCUT2D eigenvalue weighted by molar-refractivity contribution is 7.29. The molecule has 1 aliphatic carbocycles. The van der Waals surface area contributed by atoms with Crippen molar-refractivity contribution in [3.05, 3.63) is 202 Å². The number of allylic oxidation sites excluding steroid dienone is 2. The van der Waals surface area contributed by atoms with E-state index in [1.54, 1.807) is 0 Å². The van der Waals surface area contributed by atoms with Gasteiger partial charge in [0.25, 0.3) is 6.71 Å². The molecule has 0 radical (unpaired) electrons. The second kappa shape index (κ2) is 16.6. The van der Waals surface area contributed by atoms with Crippen LogP contribution in [0.25, 0.3) is 39.1 Å². The zero-order chi connectivity index (χ0) is 53.1. The van der Waals surface area contributed by atoms with Crippen LogP contribution >= 0.6 is 11.3 Å². The van der Waals surface area contributed by atoms with E-state index in [-0.39, 0.29) is 33.8 Å². The lowest BCUT2D eigenvalue weighted by atomic mass is 9.36. The number of hydrogen-bond donors (Lipinski definition) is 0. The molecule has 12 rings (SSSR count). The van der Waals surface area contributed by atoms with Gasteiger partial charge in [0.2, 0.25) is 0 Å². The fourth-order valence-corrected chi connectivity index (χ4v) is 13.7. The minimum Gasteiger partial charge on any atom is -0.311 e. The lowest BCUT2D eigenvalue weighted by molar-refractivity contribution is 0.590. The third-order valence-corrected chi connectivity index (χ3v) is 18.2. The van der Waals surface area contributed by atoms with E-state index in [1.807, 2.05) is 11.3 Å². The standard InChI is InChI=1S/C70H72BN3S/c1-42-52(51-20-17-18-21-56(51)70(42,15)16)41-53-43(2)75-65-64(53)74(49-32-26-45(27-33-49)67(6,7)8)61-23-19-22-60-63(61)71(65)57-35-34-50(40-62(57)72(60)48-30-24-44(25-31-48)66(3,4)5)73-58-36-28-46(68(9,10)11)38-54(58)55-39-47(69(12,13)14)29-37-59(55)73/h17-41H,1H2,2-16H3/b52-41+. The van der Waals surface area contributed by atoms with Crippen molar-refractivity contribution < 1.29 is 0 Å². The van der Waals surface area contributed by atoms with Gasteiger partial charge in [0, 0.05) is 65.5 Å². The Hall–Kier alpha value is -6.82. The normalized spacial score (nSPS) is 15.7. The summed E-state index contributed by atoms with van der Waals surface area (Å²) >= 11 is 1.97. The van der Waals surface area contributed by atoms with Crippen molar-refractivity contribution in [3.63, 3.8) is 0 Å². The van der Waals surface area contributed by atoms with Gasteiger partial charge in [-0.25, -0.2) is 0 Å². The molecule has 5 heteroatoms. The average Bonchev–Trinajstić information content (AvgIpc) is 3.93. The summed E-state index contributed by atoms with van der Waals surface area (Å²) in [4.78, 5) is 6.47. The number of fused-ring (bicyclic) bond motifs is 8. The van der Waals surface area contributed by atoms with Gasteiger partial charge in [0.05, 0.1) is 16.7 Å². The number of aromatic nitrogens is 1. The van der Waals surface area contributed by atoms with E-state index in [2.05, 4.69) is 270 Å². The first kappa shape index (κ1) is 49.1. The maximum atomic E-state index is 4.82. The molecule has 376 valence electrons. The van der Waals surface area contributed by atoms with Crippen molar-refractivity contribution in [2.75, 3.05) is 9.80 Å². The van der Waals surface area contributed by atoms with Crippen LogP contribution in [0.1, 0.15) is 141 Å². The van der Waals surface area contributed by atoms with Gasteiger partial charge >= 0.3 is 0 Å². The summed E-state index contributed by atoms with van der Waals surface area (Å²) in [5.41, 5.74) is 25.0. The van der Waals surface area contributed by atoms with Crippen molar-refractivity contribution >= 4 is 101 Å². The Morgan fingerprint density at radius 3 is 1.56 bits per heavy atom. The van der Waals surface area contributed by atoms with Crippen molar-refractivity contribution in [1.82, 2.24) is 4.57 Å². The molecule has 75 heavy (non-hydrogen) atoms. The molecule has 0 amide bonds. The molecule has 9 aromatic rings. The molecule has 3 aliphatic rings. The molecule has 2 aliphatic heterocycles. The number of anilines is 6. The number of nitrogens with zero attached hydrogens (tertiary/aromatic N) is 3. The Balaban J connectivity index is 1.14. The zero-order valence-electron chi connectivity index (χ0n) is 47.0. The van der Waals surface area contributed by atoms with Crippen LogP contribution in [0.5, 0.6) is 0 Å². The second-order valence-corrected chi connectivity index (χ2v) is 27.7. The number of aryl methyl sites for hydroxylation is 1. The van der Waals surface area contributed by atoms with Gasteiger partial charge in [0.1, 0.15) is 0 Å². The average molecular weight is 998 g/mol. The van der Waals surface area contributed by atoms with Gasteiger partial charge < -0.3 is 14.4 Å². The molecule has 0 N–H and O–H groups in total. The molecule has 0 fully saturated rings. The maximum Gasteiger partial charge on any atom is 0.264 e. The predicted octanol–water partition coefficient (Wildman–Crippen LogP) is 17.8. The highest BCUT2D eigenvalue weighted by Crippen LogP contribution is 2.53. The number of rotatable bonds is 4. The minimum atomic E-state index is -0.176. The van der Waals surface area contributed by atoms with E-state index >= 15 is 0 Å². The fraction of sp³-hybridized carbons (Fsp3) is 0.286. The smallest absolute Gasteiger partial charge is 0.264 e. The van der Waals surface area contributed by atoms with Gasteiger partial charge in [-0.05, 0) is 163 Å². The Kier molecular flexibility index (Phi) is 10.9. The summed E-state index contributed by atoms with van der Waals surface area (Å²) in [6.45, 7) is 39.5. The van der Waals surface area contributed by atoms with Crippen LogP contribution in [0.3, 0.4) is 0 Å². The summed E-state index contributed by atoms with van der Waals surface area (Å²) in [5.74, 6) is 0. The number of thiophene rings is 1. The topological polar surface area (TPSA) is 11.4 Å². The molecule has 0 spiro atoms. The number of benzene rings is 7. The highest BCUT2D eigenvalue weighted by Gasteiger charge is 2.46. The largest absolute Gasteiger partial charge is 0.311 e. The van der Waals surface area contributed by atoms with Crippen molar-refractivity contribution in [3.8, 4) is 5.69 Å². The first-order valence-electron chi connectivity index (χ1n) is 27.1. The lowest BCUT2D eigenvalue weighted by Crippen LogP contribution is -2.60. The molecule has 0 saturated carbocycles. The predicted molar refractivity (Wildman–Crippen MR) is 329 cm³/mol. The van der Waals surface area contributed by atoms with Crippen LogP contribution in [-0.4, -0.2) is 11.3 Å². The summed E-state index contributed by atoms with van der Waals surface area (Å²) < 4.78 is 3.90. The van der Waals surface area contributed by atoms with Gasteiger partial charge in [-0.15, -0.1) is 0 Å². The van der Waals surface area contributed by atoms with Crippen LogP contribution < -0.4 is 25.5 Å². The molecule has 7 aromatic carbocycles. The third kappa shape index (κ3) is 7.65. The molecule has 0 saturated heterocycles. The minimum absolute atomic E-state index is 0.0122. The van der Waals surface area contributed by atoms with Gasteiger partial charge in [-0.1, -0.05) is 176 Å². The highest BCUT2D eigenvalue weighted by atomic mass is 32.1. The van der Waals surface area contributed by atoms with E-state index in [0.29, 0.717) is 0 Å². The molecule has 0 atom stereocenters. The SMILES string of the molecule is C=C1/C(=C\c2c(C)sc3c2N(c2ccc(C(C)(C)C)cc2)c2cccc4c2B3c2ccc(-n3c5ccc(C(C)(C)C)cc5c5cc(C(C)(C)C)ccc53)cc2N4c2ccc(C(C)(C)C)cc2)c2ccccc2C1(C)C. The molecule has 4 heterocycles. The molecule has 0 unspecified atom stereocenters. The molecular formula is C70H72BN3S. The Labute approximate surface area is 451 Å².